The topological polar surface area (TPSA) is 44.3 Å². The summed E-state index contributed by atoms with van der Waals surface area (Å²) >= 11 is 17.0. The molecule has 94 valence electrons. The van der Waals surface area contributed by atoms with Gasteiger partial charge in [0.2, 0.25) is 0 Å². The molecule has 0 atom stereocenters. The van der Waals surface area contributed by atoms with Gasteiger partial charge in [-0.25, -0.2) is 0 Å². The lowest BCUT2D eigenvalue weighted by Gasteiger charge is -2.25. The molecule has 0 unspecified atom stereocenters. The zero-order valence-electron chi connectivity index (χ0n) is 9.55. The normalized spacial score (nSPS) is 11.1. The summed E-state index contributed by atoms with van der Waals surface area (Å²) in [5.74, 6) is 0. The molecule has 0 radical (unpaired) electrons. The average Bonchev–Trinajstić information content (AvgIpc) is 2.23. The number of aliphatic hydroxyl groups is 1. The van der Waals surface area contributed by atoms with Gasteiger partial charge < -0.3 is 15.7 Å². The fraction of sp³-hybridized carbons (Fsp3) is 0.364. The molecule has 0 fully saturated rings. The van der Waals surface area contributed by atoms with Gasteiger partial charge in [0.15, 0.2) is 5.11 Å². The smallest absolute Gasteiger partial charge is 0.171 e. The van der Waals surface area contributed by atoms with E-state index in [-0.39, 0.29) is 6.61 Å². The molecule has 0 amide bonds. The van der Waals surface area contributed by atoms with Crippen molar-refractivity contribution in [1.29, 1.82) is 0 Å². The fourth-order valence-electron chi connectivity index (χ4n) is 1.09. The number of nitrogens with one attached hydrogen (secondary N) is 2. The second-order valence-electron chi connectivity index (χ2n) is 4.25. The van der Waals surface area contributed by atoms with Crippen LogP contribution < -0.4 is 10.6 Å². The zero-order chi connectivity index (χ0) is 13.1. The largest absolute Gasteiger partial charge is 0.394 e. The van der Waals surface area contributed by atoms with Crippen LogP contribution in [0.4, 0.5) is 5.69 Å². The van der Waals surface area contributed by atoms with Gasteiger partial charge in [0.1, 0.15) is 0 Å². The van der Waals surface area contributed by atoms with Crippen LogP contribution in [0.2, 0.25) is 10.0 Å². The standard InChI is InChI=1S/C11H14Cl2N2OS/c1-11(2,6-16)15-10(17)14-9-5-7(12)3-4-8(9)13/h3-5,16H,6H2,1-2H3,(H2,14,15,17). The van der Waals surface area contributed by atoms with Gasteiger partial charge in [-0.15, -0.1) is 0 Å². The molecular formula is C11H14Cl2N2OS. The summed E-state index contributed by atoms with van der Waals surface area (Å²) < 4.78 is 0. The van der Waals surface area contributed by atoms with Crippen molar-refractivity contribution in [1.82, 2.24) is 5.32 Å². The Balaban J connectivity index is 2.71. The average molecular weight is 293 g/mol. The van der Waals surface area contributed by atoms with E-state index in [9.17, 15) is 0 Å². The van der Waals surface area contributed by atoms with E-state index >= 15 is 0 Å². The quantitative estimate of drug-likeness (QED) is 0.750. The van der Waals surface area contributed by atoms with Crippen LogP contribution in [-0.2, 0) is 0 Å². The van der Waals surface area contributed by atoms with Gasteiger partial charge in [-0.1, -0.05) is 23.2 Å². The van der Waals surface area contributed by atoms with E-state index in [0.717, 1.165) is 0 Å². The minimum atomic E-state index is -0.491. The van der Waals surface area contributed by atoms with Gasteiger partial charge in [0.25, 0.3) is 0 Å². The van der Waals surface area contributed by atoms with Crippen molar-refractivity contribution >= 4 is 46.2 Å². The third-order valence-electron chi connectivity index (χ3n) is 2.02. The number of thiocarbonyl (C=S) groups is 1. The SMILES string of the molecule is CC(C)(CO)NC(=S)Nc1cc(Cl)ccc1Cl. The Morgan fingerprint density at radius 1 is 1.41 bits per heavy atom. The number of aliphatic hydroxyl groups excluding tert-OH is 1. The Bertz CT molecular complexity index is 424. The van der Waals surface area contributed by atoms with Crippen LogP contribution in [0.5, 0.6) is 0 Å². The summed E-state index contributed by atoms with van der Waals surface area (Å²) in [4.78, 5) is 0. The highest BCUT2D eigenvalue weighted by atomic mass is 35.5. The van der Waals surface area contributed by atoms with E-state index in [1.54, 1.807) is 18.2 Å². The summed E-state index contributed by atoms with van der Waals surface area (Å²) in [5, 5.41) is 16.5. The third-order valence-corrected chi connectivity index (χ3v) is 2.79. The number of halogens is 2. The molecule has 0 saturated heterocycles. The van der Waals surface area contributed by atoms with E-state index in [4.69, 9.17) is 40.5 Å². The first-order valence-electron chi connectivity index (χ1n) is 4.99. The lowest BCUT2D eigenvalue weighted by molar-refractivity contribution is 0.207. The molecule has 0 spiro atoms. The molecule has 1 aromatic carbocycles. The molecule has 3 N–H and O–H groups in total. The molecule has 0 aliphatic rings. The first-order valence-corrected chi connectivity index (χ1v) is 6.15. The molecule has 3 nitrogen and oxygen atoms in total. The molecule has 1 rings (SSSR count). The second-order valence-corrected chi connectivity index (χ2v) is 5.50. The van der Waals surface area contributed by atoms with E-state index in [1.807, 2.05) is 13.8 Å². The first-order chi connectivity index (χ1) is 7.84. The van der Waals surface area contributed by atoms with Crippen molar-refractivity contribution < 1.29 is 5.11 Å². The Hall–Kier alpha value is -0.550. The van der Waals surface area contributed by atoms with Gasteiger partial charge in [-0.2, -0.15) is 0 Å². The fourth-order valence-corrected chi connectivity index (χ4v) is 1.82. The van der Waals surface area contributed by atoms with Gasteiger partial charge in [-0.05, 0) is 44.3 Å². The Morgan fingerprint density at radius 3 is 2.65 bits per heavy atom. The molecule has 0 saturated carbocycles. The van der Waals surface area contributed by atoms with Crippen LogP contribution in [0.1, 0.15) is 13.8 Å². The predicted molar refractivity (Wildman–Crippen MR) is 77.0 cm³/mol. The molecule has 0 bridgehead atoms. The van der Waals surface area contributed by atoms with E-state index in [2.05, 4.69) is 10.6 Å². The lowest BCUT2D eigenvalue weighted by Crippen LogP contribution is -2.48. The summed E-state index contributed by atoms with van der Waals surface area (Å²) in [6, 6.07) is 5.07. The van der Waals surface area contributed by atoms with Crippen molar-refractivity contribution in [3.63, 3.8) is 0 Å². The number of hydrogen-bond donors (Lipinski definition) is 3. The van der Waals surface area contributed by atoms with Gasteiger partial charge in [0, 0.05) is 5.02 Å². The third kappa shape index (κ3) is 4.68. The van der Waals surface area contributed by atoms with Crippen LogP contribution in [0, 0.1) is 0 Å². The summed E-state index contributed by atoms with van der Waals surface area (Å²) in [5.41, 5.74) is 0.139. The molecule has 0 aromatic heterocycles. The first kappa shape index (κ1) is 14.5. The van der Waals surface area contributed by atoms with Crippen LogP contribution in [-0.4, -0.2) is 22.4 Å². The molecule has 6 heteroatoms. The van der Waals surface area contributed by atoms with Crippen molar-refractivity contribution in [3.05, 3.63) is 28.2 Å². The van der Waals surface area contributed by atoms with E-state index in [0.29, 0.717) is 20.8 Å². The molecular weight excluding hydrogens is 279 g/mol. The molecule has 0 heterocycles. The predicted octanol–water partition coefficient (Wildman–Crippen LogP) is 3.05. The Morgan fingerprint density at radius 2 is 2.06 bits per heavy atom. The van der Waals surface area contributed by atoms with Crippen LogP contribution in [0.15, 0.2) is 18.2 Å². The molecule has 17 heavy (non-hydrogen) atoms. The van der Waals surface area contributed by atoms with E-state index < -0.39 is 5.54 Å². The molecule has 0 aliphatic heterocycles. The Kier molecular flexibility index (Phi) is 5.01. The van der Waals surface area contributed by atoms with Gasteiger partial charge >= 0.3 is 0 Å². The number of rotatable bonds is 3. The number of hydrogen-bond acceptors (Lipinski definition) is 2. The summed E-state index contributed by atoms with van der Waals surface area (Å²) in [6.45, 7) is 3.64. The van der Waals surface area contributed by atoms with Crippen molar-refractivity contribution in [2.75, 3.05) is 11.9 Å². The minimum Gasteiger partial charge on any atom is -0.394 e. The Labute approximate surface area is 116 Å². The van der Waals surface area contributed by atoms with E-state index in [1.165, 1.54) is 0 Å². The van der Waals surface area contributed by atoms with Crippen molar-refractivity contribution in [3.8, 4) is 0 Å². The summed E-state index contributed by atoms with van der Waals surface area (Å²) in [6.07, 6.45) is 0. The van der Waals surface area contributed by atoms with Crippen LogP contribution in [0.25, 0.3) is 0 Å². The van der Waals surface area contributed by atoms with Crippen LogP contribution in [0.3, 0.4) is 0 Å². The highest BCUT2D eigenvalue weighted by Gasteiger charge is 2.17. The maximum atomic E-state index is 9.11. The number of benzene rings is 1. The highest BCUT2D eigenvalue weighted by molar-refractivity contribution is 7.80. The van der Waals surface area contributed by atoms with Crippen molar-refractivity contribution in [2.24, 2.45) is 0 Å². The lowest BCUT2D eigenvalue weighted by atomic mass is 10.1. The van der Waals surface area contributed by atoms with Gasteiger partial charge in [-0.3, -0.25) is 0 Å². The molecule has 0 aliphatic carbocycles. The maximum absolute atomic E-state index is 9.11. The minimum absolute atomic E-state index is 0.0297. The zero-order valence-corrected chi connectivity index (χ0v) is 11.9. The van der Waals surface area contributed by atoms with Crippen LogP contribution >= 0.6 is 35.4 Å². The number of anilines is 1. The maximum Gasteiger partial charge on any atom is 0.171 e. The van der Waals surface area contributed by atoms with Gasteiger partial charge in [0.05, 0.1) is 22.9 Å². The molecule has 1 aromatic rings. The highest BCUT2D eigenvalue weighted by Crippen LogP contribution is 2.25. The second kappa shape index (κ2) is 5.87. The summed E-state index contributed by atoms with van der Waals surface area (Å²) in [7, 11) is 0. The van der Waals surface area contributed by atoms with Crippen molar-refractivity contribution in [2.45, 2.75) is 19.4 Å². The monoisotopic (exact) mass is 292 g/mol.